The monoisotopic (exact) mass is 173 g/mol. The summed E-state index contributed by atoms with van der Waals surface area (Å²) in [6.45, 7) is 0.841. The van der Waals surface area contributed by atoms with Gasteiger partial charge in [-0.05, 0) is 13.0 Å². The van der Waals surface area contributed by atoms with Gasteiger partial charge in [-0.2, -0.15) is 0 Å². The Morgan fingerprint density at radius 2 is 2.08 bits per heavy atom. The fourth-order valence-electron chi connectivity index (χ4n) is 1.44. The molecule has 1 heterocycles. The summed E-state index contributed by atoms with van der Waals surface area (Å²) in [5, 5.41) is 20.2. The molecule has 0 aromatic heterocycles. The highest BCUT2D eigenvalue weighted by atomic mass is 16.4. The molecule has 1 rings (SSSR count). The van der Waals surface area contributed by atoms with Gasteiger partial charge in [-0.1, -0.05) is 0 Å². The molecule has 0 unspecified atom stereocenters. The van der Waals surface area contributed by atoms with Crippen LogP contribution < -0.4 is 5.32 Å². The molecule has 1 fully saturated rings. The smallest absolute Gasteiger partial charge is 0.311 e. The van der Waals surface area contributed by atoms with Crippen molar-refractivity contribution in [2.24, 2.45) is 5.41 Å². The first-order chi connectivity index (χ1) is 5.57. The molecule has 0 bridgehead atoms. The zero-order chi connectivity index (χ0) is 9.19. The normalized spacial score (nSPS) is 28.7. The van der Waals surface area contributed by atoms with Gasteiger partial charge in [0.05, 0.1) is 11.8 Å². The number of hydrogen-bond acceptors (Lipinski definition) is 3. The van der Waals surface area contributed by atoms with Crippen molar-refractivity contribution in [1.82, 2.24) is 5.32 Å². The van der Waals surface area contributed by atoms with Crippen LogP contribution in [-0.4, -0.2) is 35.2 Å². The molecule has 5 heteroatoms. The summed E-state index contributed by atoms with van der Waals surface area (Å²) in [5.74, 6) is -2.07. The molecule has 68 valence electrons. The molecule has 0 amide bonds. The van der Waals surface area contributed by atoms with Crippen LogP contribution in [0.3, 0.4) is 0 Å². The number of carbonyl (C=O) groups is 2. The molecule has 5 nitrogen and oxygen atoms in total. The lowest BCUT2D eigenvalue weighted by Crippen LogP contribution is -2.35. The summed E-state index contributed by atoms with van der Waals surface area (Å²) in [4.78, 5) is 21.1. The zero-order valence-corrected chi connectivity index (χ0v) is 6.54. The number of hydrogen-bond donors (Lipinski definition) is 3. The van der Waals surface area contributed by atoms with E-state index in [1.54, 1.807) is 0 Å². The molecule has 0 saturated carbocycles. The van der Waals surface area contributed by atoms with E-state index in [1.165, 1.54) is 0 Å². The second-order valence-electron chi connectivity index (χ2n) is 3.08. The largest absolute Gasteiger partial charge is 0.481 e. The number of carboxylic acid groups (broad SMARTS) is 2. The van der Waals surface area contributed by atoms with E-state index < -0.39 is 17.4 Å². The molecule has 0 aromatic rings. The van der Waals surface area contributed by atoms with Gasteiger partial charge in [0, 0.05) is 6.54 Å². The molecule has 0 aromatic carbocycles. The first-order valence-corrected chi connectivity index (χ1v) is 3.73. The Morgan fingerprint density at radius 3 is 2.42 bits per heavy atom. The van der Waals surface area contributed by atoms with Crippen LogP contribution in [0.15, 0.2) is 0 Å². The number of rotatable bonds is 3. The van der Waals surface area contributed by atoms with E-state index in [0.29, 0.717) is 13.0 Å². The van der Waals surface area contributed by atoms with Gasteiger partial charge >= 0.3 is 11.9 Å². The van der Waals surface area contributed by atoms with Gasteiger partial charge in [-0.3, -0.25) is 9.59 Å². The van der Waals surface area contributed by atoms with E-state index in [2.05, 4.69) is 5.32 Å². The van der Waals surface area contributed by atoms with Crippen molar-refractivity contribution in [2.45, 2.75) is 12.8 Å². The van der Waals surface area contributed by atoms with Crippen molar-refractivity contribution in [1.29, 1.82) is 0 Å². The molecule has 1 aliphatic heterocycles. The lowest BCUT2D eigenvalue weighted by atomic mass is 9.84. The van der Waals surface area contributed by atoms with E-state index in [9.17, 15) is 9.59 Å². The average Bonchev–Trinajstić information content (AvgIpc) is 2.35. The Labute approximate surface area is 69.4 Å². The summed E-state index contributed by atoms with van der Waals surface area (Å²) in [6, 6.07) is 0. The topological polar surface area (TPSA) is 86.6 Å². The lowest BCUT2D eigenvalue weighted by Gasteiger charge is -2.19. The predicted molar refractivity (Wildman–Crippen MR) is 39.8 cm³/mol. The van der Waals surface area contributed by atoms with E-state index in [4.69, 9.17) is 10.2 Å². The minimum atomic E-state index is -1.08. The van der Waals surface area contributed by atoms with E-state index in [0.717, 1.165) is 0 Å². The lowest BCUT2D eigenvalue weighted by molar-refractivity contribution is -0.154. The number of aliphatic carboxylic acids is 2. The molecule has 1 aliphatic rings. The maximum Gasteiger partial charge on any atom is 0.311 e. The standard InChI is InChI=1S/C7H11NO4/c9-5(10)3-7(6(11)12)1-2-8-4-7/h8H,1-4H2,(H,9,10)(H,11,12)/t7-/m0/s1. The van der Waals surface area contributed by atoms with Gasteiger partial charge in [0.1, 0.15) is 0 Å². The zero-order valence-electron chi connectivity index (χ0n) is 6.54. The average molecular weight is 173 g/mol. The van der Waals surface area contributed by atoms with Crippen molar-refractivity contribution in [2.75, 3.05) is 13.1 Å². The van der Waals surface area contributed by atoms with E-state index in [1.807, 2.05) is 0 Å². The minimum Gasteiger partial charge on any atom is -0.481 e. The van der Waals surface area contributed by atoms with Gasteiger partial charge in [0.25, 0.3) is 0 Å². The van der Waals surface area contributed by atoms with Gasteiger partial charge in [0.2, 0.25) is 0 Å². The van der Waals surface area contributed by atoms with Gasteiger partial charge in [0.15, 0.2) is 0 Å². The second-order valence-corrected chi connectivity index (χ2v) is 3.08. The summed E-state index contributed by atoms with van der Waals surface area (Å²) in [7, 11) is 0. The summed E-state index contributed by atoms with van der Waals surface area (Å²) in [6.07, 6.45) is 0.101. The highest BCUT2D eigenvalue weighted by Gasteiger charge is 2.43. The van der Waals surface area contributed by atoms with Crippen molar-refractivity contribution in [3.63, 3.8) is 0 Å². The third-order valence-electron chi connectivity index (χ3n) is 2.19. The molecule has 0 spiro atoms. The van der Waals surface area contributed by atoms with E-state index >= 15 is 0 Å². The molecule has 12 heavy (non-hydrogen) atoms. The quantitative estimate of drug-likeness (QED) is 0.537. The summed E-state index contributed by atoms with van der Waals surface area (Å²) >= 11 is 0. The van der Waals surface area contributed by atoms with Crippen LogP contribution in [0.2, 0.25) is 0 Å². The molecule has 0 radical (unpaired) electrons. The highest BCUT2D eigenvalue weighted by Crippen LogP contribution is 2.29. The Balaban J connectivity index is 2.72. The minimum absolute atomic E-state index is 0.259. The third kappa shape index (κ3) is 1.55. The maximum absolute atomic E-state index is 10.8. The van der Waals surface area contributed by atoms with Gasteiger partial charge in [-0.25, -0.2) is 0 Å². The fourth-order valence-corrected chi connectivity index (χ4v) is 1.44. The van der Waals surface area contributed by atoms with Crippen molar-refractivity contribution < 1.29 is 19.8 Å². The Bertz CT molecular complexity index is 207. The predicted octanol–water partition coefficient (Wildman–Crippen LogP) is -0.475. The molecule has 3 N–H and O–H groups in total. The molecular weight excluding hydrogens is 162 g/mol. The first-order valence-electron chi connectivity index (χ1n) is 3.73. The Morgan fingerprint density at radius 1 is 1.42 bits per heavy atom. The molecule has 1 saturated heterocycles. The Kier molecular flexibility index (Phi) is 2.32. The van der Waals surface area contributed by atoms with Gasteiger partial charge < -0.3 is 15.5 Å². The molecule has 1 atom stereocenters. The fraction of sp³-hybridized carbons (Fsp3) is 0.714. The van der Waals surface area contributed by atoms with Crippen LogP contribution in [0.4, 0.5) is 0 Å². The van der Waals surface area contributed by atoms with Crippen LogP contribution >= 0.6 is 0 Å². The van der Waals surface area contributed by atoms with E-state index in [-0.39, 0.29) is 13.0 Å². The van der Waals surface area contributed by atoms with Crippen LogP contribution in [0.25, 0.3) is 0 Å². The Hall–Kier alpha value is -1.10. The molecule has 0 aliphatic carbocycles. The van der Waals surface area contributed by atoms with Crippen LogP contribution in [0, 0.1) is 5.41 Å². The maximum atomic E-state index is 10.8. The first kappa shape index (κ1) is 8.99. The van der Waals surface area contributed by atoms with Crippen LogP contribution in [-0.2, 0) is 9.59 Å². The van der Waals surface area contributed by atoms with Crippen molar-refractivity contribution in [3.8, 4) is 0 Å². The highest BCUT2D eigenvalue weighted by molar-refractivity contribution is 5.82. The van der Waals surface area contributed by atoms with Gasteiger partial charge in [-0.15, -0.1) is 0 Å². The second kappa shape index (κ2) is 3.10. The van der Waals surface area contributed by atoms with Crippen LogP contribution in [0.5, 0.6) is 0 Å². The molecular formula is C7H11NO4. The van der Waals surface area contributed by atoms with Crippen molar-refractivity contribution in [3.05, 3.63) is 0 Å². The summed E-state index contributed by atoms with van der Waals surface area (Å²) in [5.41, 5.74) is -1.08. The number of carboxylic acids is 2. The van der Waals surface area contributed by atoms with Crippen LogP contribution in [0.1, 0.15) is 12.8 Å². The number of nitrogens with one attached hydrogen (secondary N) is 1. The summed E-state index contributed by atoms with van der Waals surface area (Å²) < 4.78 is 0. The van der Waals surface area contributed by atoms with Crippen molar-refractivity contribution >= 4 is 11.9 Å². The SMILES string of the molecule is O=C(O)C[C@@]1(C(=O)O)CCNC1. The third-order valence-corrected chi connectivity index (χ3v) is 2.19.